The topological polar surface area (TPSA) is 60.4 Å². The van der Waals surface area contributed by atoms with E-state index in [1.165, 1.54) is 6.92 Å². The van der Waals surface area contributed by atoms with Crippen molar-refractivity contribution in [3.8, 4) is 12.3 Å². The molecule has 112 valence electrons. The Bertz CT molecular complexity index is 613. The van der Waals surface area contributed by atoms with Crippen molar-refractivity contribution in [2.75, 3.05) is 0 Å². The highest BCUT2D eigenvalue weighted by molar-refractivity contribution is 6.24. The van der Waals surface area contributed by atoms with Gasteiger partial charge in [-0.05, 0) is 34.1 Å². The fourth-order valence-electron chi connectivity index (χ4n) is 2.29. The highest BCUT2D eigenvalue weighted by atomic mass is 16.6. The van der Waals surface area contributed by atoms with Gasteiger partial charge in [0.25, 0.3) is 0 Å². The molecule has 0 aliphatic heterocycles. The number of rotatable bonds is 4. The van der Waals surface area contributed by atoms with Gasteiger partial charge in [0.1, 0.15) is 0 Å². The van der Waals surface area contributed by atoms with Crippen LogP contribution in [0, 0.1) is 12.3 Å². The van der Waals surface area contributed by atoms with Crippen LogP contribution in [0.3, 0.4) is 0 Å². The van der Waals surface area contributed by atoms with Crippen molar-refractivity contribution in [3.05, 3.63) is 22.3 Å². The third-order valence-electron chi connectivity index (χ3n) is 3.84. The van der Waals surface area contributed by atoms with Gasteiger partial charge in [-0.1, -0.05) is 5.92 Å². The fourth-order valence-corrected chi connectivity index (χ4v) is 2.29. The van der Waals surface area contributed by atoms with Gasteiger partial charge in [-0.15, -0.1) is 6.42 Å². The maximum absolute atomic E-state index is 12.3. The van der Waals surface area contributed by atoms with Crippen molar-refractivity contribution in [2.45, 2.75) is 53.1 Å². The summed E-state index contributed by atoms with van der Waals surface area (Å²) < 4.78 is 5.12. The van der Waals surface area contributed by atoms with E-state index >= 15 is 0 Å². The van der Waals surface area contributed by atoms with Crippen LogP contribution in [0.5, 0.6) is 0 Å². The normalized spacial score (nSPS) is 18.5. The number of hydrogen-bond acceptors (Lipinski definition) is 4. The fraction of sp³-hybridized carbons (Fsp3) is 0.471. The van der Waals surface area contributed by atoms with Gasteiger partial charge < -0.3 is 4.74 Å². The van der Waals surface area contributed by atoms with Gasteiger partial charge in [-0.3, -0.25) is 14.4 Å². The Hall–Kier alpha value is -2.15. The summed E-state index contributed by atoms with van der Waals surface area (Å²) in [6.45, 7) is 7.85. The Morgan fingerprint density at radius 1 is 1.14 bits per heavy atom. The molecule has 0 saturated carbocycles. The summed E-state index contributed by atoms with van der Waals surface area (Å²) in [5, 5.41) is 0. The van der Waals surface area contributed by atoms with Crippen LogP contribution in [0.4, 0.5) is 0 Å². The first-order valence-corrected chi connectivity index (χ1v) is 6.77. The van der Waals surface area contributed by atoms with Crippen molar-refractivity contribution < 1.29 is 19.1 Å². The summed E-state index contributed by atoms with van der Waals surface area (Å²) in [5.41, 5.74) is 0.783. The van der Waals surface area contributed by atoms with Crippen molar-refractivity contribution in [2.24, 2.45) is 0 Å². The van der Waals surface area contributed by atoms with Crippen LogP contribution in [0.25, 0.3) is 0 Å². The van der Waals surface area contributed by atoms with E-state index in [4.69, 9.17) is 11.2 Å². The second-order valence-corrected chi connectivity index (χ2v) is 5.48. The molecule has 1 rings (SSSR count). The molecule has 1 aliphatic rings. The molecule has 0 amide bonds. The number of Topliss-reactive ketones (excluding diaryl/α,β-unsaturated/α-hetero) is 2. The Kier molecular flexibility index (Phi) is 4.90. The molecule has 21 heavy (non-hydrogen) atoms. The lowest BCUT2D eigenvalue weighted by molar-refractivity contribution is -0.150. The van der Waals surface area contributed by atoms with Gasteiger partial charge in [0.2, 0.25) is 0 Å². The van der Waals surface area contributed by atoms with Crippen LogP contribution < -0.4 is 0 Å². The molecular formula is C17H20O4. The van der Waals surface area contributed by atoms with Crippen molar-refractivity contribution >= 4 is 17.5 Å². The van der Waals surface area contributed by atoms with E-state index in [1.54, 1.807) is 27.7 Å². The predicted octanol–water partition coefficient (Wildman–Crippen LogP) is 2.53. The highest BCUT2D eigenvalue weighted by Gasteiger charge is 2.31. The van der Waals surface area contributed by atoms with Gasteiger partial charge in [0.15, 0.2) is 17.2 Å². The second-order valence-electron chi connectivity index (χ2n) is 5.48. The number of ketones is 2. The average Bonchev–Trinajstić information content (AvgIpc) is 2.42. The van der Waals surface area contributed by atoms with Crippen LogP contribution in [-0.2, 0) is 19.1 Å². The molecule has 4 heteroatoms. The first kappa shape index (κ1) is 16.9. The molecule has 0 spiro atoms. The second kappa shape index (κ2) is 6.09. The maximum atomic E-state index is 12.3. The first-order chi connectivity index (χ1) is 9.63. The quantitative estimate of drug-likeness (QED) is 0.453. The molecule has 0 N–H and O–H groups in total. The molecule has 0 aromatic rings. The van der Waals surface area contributed by atoms with Gasteiger partial charge in [-0.2, -0.15) is 0 Å². The number of carbonyl (C=O) groups is 3. The number of allylic oxidation sites excluding steroid dienone is 4. The van der Waals surface area contributed by atoms with E-state index in [2.05, 4.69) is 5.92 Å². The molecular weight excluding hydrogens is 268 g/mol. The van der Waals surface area contributed by atoms with Crippen LogP contribution in [0.1, 0.15) is 47.5 Å². The van der Waals surface area contributed by atoms with Crippen molar-refractivity contribution in [1.82, 2.24) is 0 Å². The average molecular weight is 288 g/mol. The molecule has 1 aliphatic carbocycles. The summed E-state index contributed by atoms with van der Waals surface area (Å²) in [4.78, 5) is 35.4. The predicted molar refractivity (Wildman–Crippen MR) is 79.3 cm³/mol. The maximum Gasteiger partial charge on any atom is 0.304 e. The number of terminal acetylenes is 1. The Morgan fingerprint density at radius 3 is 2.14 bits per heavy atom. The Balaban J connectivity index is 2.98. The van der Waals surface area contributed by atoms with E-state index in [9.17, 15) is 14.4 Å². The molecule has 0 aromatic heterocycles. The summed E-state index contributed by atoms with van der Waals surface area (Å²) in [6.07, 6.45) is 6.01. The van der Waals surface area contributed by atoms with E-state index in [1.807, 2.05) is 0 Å². The van der Waals surface area contributed by atoms with E-state index in [0.29, 0.717) is 35.1 Å². The Labute approximate surface area is 125 Å². The van der Waals surface area contributed by atoms with Crippen LogP contribution >= 0.6 is 0 Å². The molecule has 0 unspecified atom stereocenters. The van der Waals surface area contributed by atoms with E-state index < -0.39 is 11.6 Å². The first-order valence-electron chi connectivity index (χ1n) is 6.77. The minimum Gasteiger partial charge on any atom is -0.446 e. The lowest BCUT2D eigenvalue weighted by Gasteiger charge is -2.25. The smallest absolute Gasteiger partial charge is 0.304 e. The molecule has 4 nitrogen and oxygen atoms in total. The lowest BCUT2D eigenvalue weighted by atomic mass is 9.82. The standard InChI is InChI=1S/C17H20O4/c1-7-17(6,21-13(5)18)9-8-14-12(4)15(19)10(2)11(3)16(14)20/h1H,8-9H2,2-6H3/t17-/m1/s1. The summed E-state index contributed by atoms with van der Waals surface area (Å²) in [7, 11) is 0. The number of esters is 1. The van der Waals surface area contributed by atoms with Gasteiger partial charge in [0.05, 0.1) is 0 Å². The number of hydrogen-bond donors (Lipinski definition) is 0. The third kappa shape index (κ3) is 3.49. The molecule has 0 heterocycles. The summed E-state index contributed by atoms with van der Waals surface area (Å²) >= 11 is 0. The van der Waals surface area contributed by atoms with Gasteiger partial charge in [-0.25, -0.2) is 0 Å². The van der Waals surface area contributed by atoms with Crippen LogP contribution in [-0.4, -0.2) is 23.1 Å². The number of ether oxygens (including phenoxy) is 1. The summed E-state index contributed by atoms with van der Waals surface area (Å²) in [6, 6.07) is 0. The molecule has 0 bridgehead atoms. The zero-order chi connectivity index (χ0) is 16.4. The minimum absolute atomic E-state index is 0.114. The SMILES string of the molecule is C#C[C@](C)(CCC1=C(C)C(=O)C(C)=C(C)C1=O)OC(C)=O. The third-order valence-corrected chi connectivity index (χ3v) is 3.84. The van der Waals surface area contributed by atoms with E-state index in [0.717, 1.165) is 0 Å². The molecule has 0 fully saturated rings. The van der Waals surface area contributed by atoms with Crippen LogP contribution in [0.2, 0.25) is 0 Å². The summed E-state index contributed by atoms with van der Waals surface area (Å²) in [5.74, 6) is 1.72. The molecule has 1 atom stereocenters. The van der Waals surface area contributed by atoms with Crippen LogP contribution in [0.15, 0.2) is 22.3 Å². The zero-order valence-electron chi connectivity index (χ0n) is 13.1. The molecule has 0 saturated heterocycles. The zero-order valence-corrected chi connectivity index (χ0v) is 13.1. The Morgan fingerprint density at radius 2 is 1.67 bits per heavy atom. The van der Waals surface area contributed by atoms with Gasteiger partial charge in [0, 0.05) is 35.6 Å². The molecule has 0 radical (unpaired) electrons. The van der Waals surface area contributed by atoms with Crippen molar-refractivity contribution in [1.29, 1.82) is 0 Å². The van der Waals surface area contributed by atoms with E-state index in [-0.39, 0.29) is 11.6 Å². The highest BCUT2D eigenvalue weighted by Crippen LogP contribution is 2.29. The molecule has 0 aromatic carbocycles. The lowest BCUT2D eigenvalue weighted by Crippen LogP contribution is -2.30. The van der Waals surface area contributed by atoms with Gasteiger partial charge >= 0.3 is 5.97 Å². The largest absolute Gasteiger partial charge is 0.446 e. The number of carbonyl (C=O) groups excluding carboxylic acids is 3. The minimum atomic E-state index is -1.08. The van der Waals surface area contributed by atoms with Crippen molar-refractivity contribution in [3.63, 3.8) is 0 Å². The monoisotopic (exact) mass is 288 g/mol.